The van der Waals surface area contributed by atoms with Gasteiger partial charge in [-0.25, -0.2) is 0 Å². The van der Waals surface area contributed by atoms with E-state index in [1.807, 2.05) is 25.8 Å². The summed E-state index contributed by atoms with van der Waals surface area (Å²) in [4.78, 5) is 13.7. The number of nitrogens with zero attached hydrogens (tertiary/aromatic N) is 1. The SMILES string of the molecule is CC1CCCC(NCC(=O)N(C)C(C)C)CC1. The lowest BCUT2D eigenvalue weighted by molar-refractivity contribution is -0.130. The quantitative estimate of drug-likeness (QED) is 0.765. The lowest BCUT2D eigenvalue weighted by Gasteiger charge is -2.23. The summed E-state index contributed by atoms with van der Waals surface area (Å²) in [6.45, 7) is 6.92. The van der Waals surface area contributed by atoms with E-state index >= 15 is 0 Å². The Kier molecular flexibility index (Phi) is 5.96. The van der Waals surface area contributed by atoms with Crippen molar-refractivity contribution in [2.75, 3.05) is 13.6 Å². The predicted molar refractivity (Wildman–Crippen MR) is 71.9 cm³/mol. The Hall–Kier alpha value is -0.570. The first-order valence-electron chi connectivity index (χ1n) is 6.99. The molecule has 0 radical (unpaired) electrons. The van der Waals surface area contributed by atoms with E-state index in [1.165, 1.54) is 32.1 Å². The number of nitrogens with one attached hydrogen (secondary N) is 1. The second kappa shape index (κ2) is 7.00. The summed E-state index contributed by atoms with van der Waals surface area (Å²) in [5.74, 6) is 1.06. The van der Waals surface area contributed by atoms with Gasteiger partial charge in [0.1, 0.15) is 0 Å². The maximum absolute atomic E-state index is 11.8. The molecule has 3 nitrogen and oxygen atoms in total. The van der Waals surface area contributed by atoms with Crippen LogP contribution in [0.1, 0.15) is 52.9 Å². The monoisotopic (exact) mass is 240 g/mol. The fraction of sp³-hybridized carbons (Fsp3) is 0.929. The summed E-state index contributed by atoms with van der Waals surface area (Å²) >= 11 is 0. The van der Waals surface area contributed by atoms with Crippen LogP contribution in [0.25, 0.3) is 0 Å². The molecular formula is C14H28N2O. The second-order valence-corrected chi connectivity index (χ2v) is 5.79. The van der Waals surface area contributed by atoms with Crippen LogP contribution in [0.2, 0.25) is 0 Å². The van der Waals surface area contributed by atoms with Gasteiger partial charge in [-0.2, -0.15) is 0 Å². The molecule has 0 heterocycles. The maximum atomic E-state index is 11.8. The first-order valence-corrected chi connectivity index (χ1v) is 6.99. The molecule has 1 amide bonds. The number of likely N-dealkylation sites (N-methyl/N-ethyl adjacent to an activating group) is 1. The highest BCUT2D eigenvalue weighted by Gasteiger charge is 2.18. The molecule has 1 aliphatic rings. The van der Waals surface area contributed by atoms with Gasteiger partial charge in [0.2, 0.25) is 5.91 Å². The van der Waals surface area contributed by atoms with Gasteiger partial charge in [-0.15, -0.1) is 0 Å². The summed E-state index contributed by atoms with van der Waals surface area (Å²) in [7, 11) is 1.88. The van der Waals surface area contributed by atoms with Crippen LogP contribution in [0.4, 0.5) is 0 Å². The van der Waals surface area contributed by atoms with Crippen molar-refractivity contribution in [1.82, 2.24) is 10.2 Å². The smallest absolute Gasteiger partial charge is 0.236 e. The van der Waals surface area contributed by atoms with E-state index in [0.29, 0.717) is 18.6 Å². The number of hydrogen-bond acceptors (Lipinski definition) is 2. The average molecular weight is 240 g/mol. The van der Waals surface area contributed by atoms with Crippen molar-refractivity contribution >= 4 is 5.91 Å². The third-order valence-electron chi connectivity index (χ3n) is 3.97. The molecule has 1 rings (SSSR count). The number of carbonyl (C=O) groups excluding carboxylic acids is 1. The Balaban J connectivity index is 2.27. The molecule has 100 valence electrons. The minimum absolute atomic E-state index is 0.206. The van der Waals surface area contributed by atoms with Crippen molar-refractivity contribution in [3.63, 3.8) is 0 Å². The van der Waals surface area contributed by atoms with E-state index in [9.17, 15) is 4.79 Å². The van der Waals surface area contributed by atoms with Gasteiger partial charge in [-0.1, -0.05) is 19.8 Å². The number of carbonyl (C=O) groups is 1. The van der Waals surface area contributed by atoms with Crippen LogP contribution in [0.3, 0.4) is 0 Å². The number of hydrogen-bond donors (Lipinski definition) is 1. The van der Waals surface area contributed by atoms with Gasteiger partial charge in [-0.3, -0.25) is 4.79 Å². The van der Waals surface area contributed by atoms with Crippen LogP contribution in [0, 0.1) is 5.92 Å². The molecule has 17 heavy (non-hydrogen) atoms. The van der Waals surface area contributed by atoms with Gasteiger partial charge >= 0.3 is 0 Å². The van der Waals surface area contributed by atoms with Gasteiger partial charge in [0, 0.05) is 19.1 Å². The van der Waals surface area contributed by atoms with Gasteiger partial charge in [0.15, 0.2) is 0 Å². The topological polar surface area (TPSA) is 32.3 Å². The third kappa shape index (κ3) is 5.07. The molecule has 0 saturated heterocycles. The first kappa shape index (κ1) is 14.5. The van der Waals surface area contributed by atoms with E-state index < -0.39 is 0 Å². The Bertz CT molecular complexity index is 240. The highest BCUT2D eigenvalue weighted by Crippen LogP contribution is 2.22. The van der Waals surface area contributed by atoms with E-state index in [-0.39, 0.29) is 5.91 Å². The van der Waals surface area contributed by atoms with Crippen LogP contribution < -0.4 is 5.32 Å². The maximum Gasteiger partial charge on any atom is 0.236 e. The lowest BCUT2D eigenvalue weighted by atomic mass is 10.0. The van der Waals surface area contributed by atoms with Gasteiger partial charge in [0.25, 0.3) is 0 Å². The first-order chi connectivity index (χ1) is 8.00. The summed E-state index contributed by atoms with van der Waals surface area (Å²) in [6.07, 6.45) is 6.39. The molecular weight excluding hydrogens is 212 g/mol. The van der Waals surface area contributed by atoms with Crippen LogP contribution in [-0.4, -0.2) is 36.5 Å². The Morgan fingerprint density at radius 3 is 2.65 bits per heavy atom. The molecule has 3 heteroatoms. The van der Waals surface area contributed by atoms with Gasteiger partial charge < -0.3 is 10.2 Å². The van der Waals surface area contributed by atoms with Crippen LogP contribution in [0.15, 0.2) is 0 Å². The van der Waals surface area contributed by atoms with Crippen molar-refractivity contribution in [1.29, 1.82) is 0 Å². The molecule has 1 aliphatic carbocycles. The van der Waals surface area contributed by atoms with Crippen molar-refractivity contribution in [3.8, 4) is 0 Å². The molecule has 2 unspecified atom stereocenters. The predicted octanol–water partition coefficient (Wildman–Crippen LogP) is 2.41. The second-order valence-electron chi connectivity index (χ2n) is 5.79. The van der Waals surface area contributed by atoms with Crippen LogP contribution in [-0.2, 0) is 4.79 Å². The zero-order chi connectivity index (χ0) is 12.8. The number of rotatable bonds is 4. The molecule has 2 atom stereocenters. The van der Waals surface area contributed by atoms with Crippen molar-refractivity contribution in [3.05, 3.63) is 0 Å². The van der Waals surface area contributed by atoms with Crippen molar-refractivity contribution < 1.29 is 4.79 Å². The van der Waals surface area contributed by atoms with E-state index in [4.69, 9.17) is 0 Å². The molecule has 0 aromatic heterocycles. The van der Waals surface area contributed by atoms with Gasteiger partial charge in [0.05, 0.1) is 6.54 Å². The summed E-state index contributed by atoms with van der Waals surface area (Å²) in [6, 6.07) is 0.836. The molecule has 0 aromatic carbocycles. The molecule has 1 saturated carbocycles. The molecule has 1 fully saturated rings. The third-order valence-corrected chi connectivity index (χ3v) is 3.97. The Morgan fingerprint density at radius 1 is 1.29 bits per heavy atom. The number of amides is 1. The van der Waals surface area contributed by atoms with Crippen molar-refractivity contribution in [2.24, 2.45) is 5.92 Å². The molecule has 0 bridgehead atoms. The minimum Gasteiger partial charge on any atom is -0.342 e. The van der Waals surface area contributed by atoms with Crippen molar-refractivity contribution in [2.45, 2.75) is 65.0 Å². The zero-order valence-electron chi connectivity index (χ0n) is 11.8. The minimum atomic E-state index is 0.206. The van der Waals surface area contributed by atoms with E-state index in [1.54, 1.807) is 0 Å². The summed E-state index contributed by atoms with van der Waals surface area (Å²) in [5.41, 5.74) is 0. The van der Waals surface area contributed by atoms with E-state index in [0.717, 1.165) is 5.92 Å². The van der Waals surface area contributed by atoms with E-state index in [2.05, 4.69) is 12.2 Å². The summed E-state index contributed by atoms with van der Waals surface area (Å²) in [5, 5.41) is 3.43. The summed E-state index contributed by atoms with van der Waals surface area (Å²) < 4.78 is 0. The van der Waals surface area contributed by atoms with Gasteiger partial charge in [-0.05, 0) is 39.0 Å². The highest BCUT2D eigenvalue weighted by molar-refractivity contribution is 5.78. The average Bonchev–Trinajstić information content (AvgIpc) is 2.49. The normalized spacial score (nSPS) is 25.7. The fourth-order valence-electron chi connectivity index (χ4n) is 2.34. The standard InChI is InChI=1S/C14H28N2O/c1-11(2)16(4)14(17)10-15-13-7-5-6-12(3)8-9-13/h11-13,15H,5-10H2,1-4H3. The largest absolute Gasteiger partial charge is 0.342 e. The zero-order valence-corrected chi connectivity index (χ0v) is 11.8. The Labute approximate surface area is 106 Å². The lowest BCUT2D eigenvalue weighted by Crippen LogP contribution is -2.42. The molecule has 1 N–H and O–H groups in total. The fourth-order valence-corrected chi connectivity index (χ4v) is 2.34. The van der Waals surface area contributed by atoms with Crippen LogP contribution in [0.5, 0.6) is 0 Å². The molecule has 0 aliphatic heterocycles. The highest BCUT2D eigenvalue weighted by atomic mass is 16.2. The molecule has 0 aromatic rings. The molecule has 0 spiro atoms. The Morgan fingerprint density at radius 2 is 2.00 bits per heavy atom. The van der Waals surface area contributed by atoms with Crippen LogP contribution >= 0.6 is 0 Å².